The average molecular weight is 641 g/mol. The molecule has 0 amide bonds. The van der Waals surface area contributed by atoms with Gasteiger partial charge in [-0.05, 0) is 62.4 Å². The van der Waals surface area contributed by atoms with E-state index in [1.54, 1.807) is 6.08 Å². The zero-order valence-electron chi connectivity index (χ0n) is 27.4. The van der Waals surface area contributed by atoms with Crippen LogP contribution in [0.4, 0.5) is 0 Å². The smallest absolute Gasteiger partial charge is 0.144 e. The van der Waals surface area contributed by atoms with Gasteiger partial charge in [-0.3, -0.25) is 0 Å². The summed E-state index contributed by atoms with van der Waals surface area (Å²) in [5, 5.41) is 8.75. The summed E-state index contributed by atoms with van der Waals surface area (Å²) in [6.07, 6.45) is 5.65. The molecule has 2 aromatic heterocycles. The van der Waals surface area contributed by atoms with E-state index >= 15 is 0 Å². The first kappa shape index (κ1) is 29.5. The van der Waals surface area contributed by atoms with Gasteiger partial charge in [0.1, 0.15) is 22.3 Å². The van der Waals surface area contributed by atoms with Crippen LogP contribution >= 0.6 is 0 Å². The van der Waals surface area contributed by atoms with Crippen LogP contribution in [0.3, 0.4) is 0 Å². The summed E-state index contributed by atoms with van der Waals surface area (Å²) in [4.78, 5) is 0. The van der Waals surface area contributed by atoms with E-state index in [0.29, 0.717) is 0 Å². The van der Waals surface area contributed by atoms with Gasteiger partial charge in [0.05, 0.1) is 0 Å². The Balaban J connectivity index is 1.29. The van der Waals surface area contributed by atoms with Gasteiger partial charge in [-0.15, -0.1) is 0 Å². The average Bonchev–Trinajstić information content (AvgIpc) is 3.74. The summed E-state index contributed by atoms with van der Waals surface area (Å²) >= 11 is 0. The highest BCUT2D eigenvalue weighted by Crippen LogP contribution is 2.45. The second-order valence-electron chi connectivity index (χ2n) is 12.5. The second kappa shape index (κ2) is 12.1. The molecule has 0 saturated heterocycles. The van der Waals surface area contributed by atoms with E-state index in [1.165, 1.54) is 0 Å². The van der Waals surface area contributed by atoms with Crippen LogP contribution in [-0.2, 0) is 0 Å². The Kier molecular flexibility index (Phi) is 7.14. The molecule has 9 aromatic rings. The summed E-state index contributed by atoms with van der Waals surface area (Å²) in [6.45, 7) is 8.00. The fourth-order valence-corrected chi connectivity index (χ4v) is 7.28. The number of allylic oxidation sites excluding steroid dienone is 4. The van der Waals surface area contributed by atoms with Gasteiger partial charge in [-0.1, -0.05) is 165 Å². The Hall–Kier alpha value is -6.64. The molecule has 2 nitrogen and oxygen atoms in total. The lowest BCUT2D eigenvalue weighted by Crippen LogP contribution is -1.84. The largest absolute Gasteiger partial charge is 0.455 e. The lowest BCUT2D eigenvalue weighted by Gasteiger charge is -2.10. The number of hydrogen-bond acceptors (Lipinski definition) is 2. The summed E-state index contributed by atoms with van der Waals surface area (Å²) in [6, 6.07) is 53.3. The van der Waals surface area contributed by atoms with Crippen LogP contribution in [0.15, 0.2) is 192 Å². The third-order valence-electron chi connectivity index (χ3n) is 9.63. The van der Waals surface area contributed by atoms with Crippen molar-refractivity contribution >= 4 is 71.0 Å². The Bertz CT molecular complexity index is 2890. The third-order valence-corrected chi connectivity index (χ3v) is 9.63. The molecule has 2 heteroatoms. The summed E-state index contributed by atoms with van der Waals surface area (Å²) in [5.74, 6) is 0. The normalized spacial score (nSPS) is 11.7. The minimum atomic E-state index is 0.844. The number of hydrogen-bond donors (Lipinski definition) is 0. The molecule has 0 bridgehead atoms. The van der Waals surface area contributed by atoms with Crippen LogP contribution in [0.25, 0.3) is 93.2 Å². The van der Waals surface area contributed by atoms with Gasteiger partial charge in [-0.2, -0.15) is 0 Å². The molecule has 0 atom stereocenters. The summed E-state index contributed by atoms with van der Waals surface area (Å²) < 4.78 is 13.3. The molecule has 236 valence electrons. The monoisotopic (exact) mass is 640 g/mol. The van der Waals surface area contributed by atoms with E-state index < -0.39 is 0 Å². The molecule has 0 aliphatic rings. The SMILES string of the molecule is C=C/C=C\C(=C)c1ccc(-c2ccccccc(-c3ccc4c(c3)oc3c5ccccc5c5oc6ccccc6c5c43)c3ccccc23)cc1. The molecular weight excluding hydrogens is 609 g/mol. The first-order valence-corrected chi connectivity index (χ1v) is 16.8. The highest BCUT2D eigenvalue weighted by atomic mass is 16.3. The quantitative estimate of drug-likeness (QED) is 0.175. The Morgan fingerprint density at radius 1 is 0.460 bits per heavy atom. The van der Waals surface area contributed by atoms with Crippen molar-refractivity contribution < 1.29 is 8.83 Å². The fourth-order valence-electron chi connectivity index (χ4n) is 7.28. The fraction of sp³-hybridized carbons (Fsp3) is 0. The molecular formula is C48H32O2. The number of rotatable bonds is 5. The van der Waals surface area contributed by atoms with Crippen molar-refractivity contribution in [2.24, 2.45) is 0 Å². The maximum absolute atomic E-state index is 6.83. The molecule has 0 saturated carbocycles. The van der Waals surface area contributed by atoms with Crippen molar-refractivity contribution in [1.29, 1.82) is 0 Å². The highest BCUT2D eigenvalue weighted by molar-refractivity contribution is 6.34. The first-order valence-electron chi connectivity index (χ1n) is 16.8. The van der Waals surface area contributed by atoms with E-state index in [9.17, 15) is 0 Å². The van der Waals surface area contributed by atoms with Crippen molar-refractivity contribution in [2.45, 2.75) is 0 Å². The zero-order valence-corrected chi connectivity index (χ0v) is 27.4. The third kappa shape index (κ3) is 4.81. The topological polar surface area (TPSA) is 26.3 Å². The van der Waals surface area contributed by atoms with Crippen LogP contribution in [0.5, 0.6) is 0 Å². The van der Waals surface area contributed by atoms with Gasteiger partial charge >= 0.3 is 0 Å². The van der Waals surface area contributed by atoms with Gasteiger partial charge in [0.15, 0.2) is 0 Å². The standard InChI is InChI=1S/C48H32O2/c1-3-4-15-31(2)32-24-26-33(27-25-32)35-16-7-5-6-8-17-36(38-19-10-9-18-37(35)38)34-28-29-42-44(30-34)50-48-40-21-12-11-20-39(40)47-45(46(42)48)41-22-13-14-23-43(41)49-47/h3-30H,1-2H2/b6-5?,7-5?,8-6?,15-4-,16-7?,17-8?,35-16?,36-17?,37-35?,38-36?. The lowest BCUT2D eigenvalue weighted by atomic mass is 9.94. The molecule has 2 heterocycles. The molecule has 9 rings (SSSR count). The molecule has 0 fully saturated rings. The van der Waals surface area contributed by atoms with Crippen molar-refractivity contribution in [3.8, 4) is 22.3 Å². The predicted molar refractivity (Wildman–Crippen MR) is 213 cm³/mol. The molecule has 0 N–H and O–H groups in total. The van der Waals surface area contributed by atoms with E-state index in [0.717, 1.165) is 98.8 Å². The Labute approximate surface area is 289 Å². The van der Waals surface area contributed by atoms with Crippen molar-refractivity contribution in [2.75, 3.05) is 0 Å². The van der Waals surface area contributed by atoms with Crippen LogP contribution in [0.1, 0.15) is 5.56 Å². The molecule has 0 radical (unpaired) electrons. The van der Waals surface area contributed by atoms with Gasteiger partial charge in [-0.25, -0.2) is 0 Å². The predicted octanol–water partition coefficient (Wildman–Crippen LogP) is 14.0. The van der Waals surface area contributed by atoms with Crippen LogP contribution in [0.2, 0.25) is 0 Å². The molecule has 0 aliphatic carbocycles. The lowest BCUT2D eigenvalue weighted by molar-refractivity contribution is 0.668. The number of furan rings is 2. The molecule has 0 unspecified atom stereocenters. The van der Waals surface area contributed by atoms with Crippen molar-refractivity contribution in [1.82, 2.24) is 0 Å². The molecule has 7 aromatic carbocycles. The van der Waals surface area contributed by atoms with Gasteiger partial charge < -0.3 is 8.83 Å². The van der Waals surface area contributed by atoms with E-state index in [1.807, 2.05) is 24.3 Å². The van der Waals surface area contributed by atoms with Gasteiger partial charge in [0.25, 0.3) is 0 Å². The van der Waals surface area contributed by atoms with Crippen molar-refractivity contribution in [3.05, 3.63) is 189 Å². The number of benzene rings is 6. The number of fused-ring (bicyclic) bond motifs is 11. The van der Waals surface area contributed by atoms with Gasteiger partial charge in [0.2, 0.25) is 0 Å². The highest BCUT2D eigenvalue weighted by Gasteiger charge is 2.21. The molecule has 50 heavy (non-hydrogen) atoms. The molecule has 0 aliphatic heterocycles. The second-order valence-corrected chi connectivity index (χ2v) is 12.5. The summed E-state index contributed by atoms with van der Waals surface area (Å²) in [5.41, 5.74) is 9.99. The maximum atomic E-state index is 6.83. The molecule has 0 spiro atoms. The van der Waals surface area contributed by atoms with Crippen LogP contribution < -0.4 is 0 Å². The maximum Gasteiger partial charge on any atom is 0.144 e. The van der Waals surface area contributed by atoms with Crippen LogP contribution in [-0.4, -0.2) is 0 Å². The van der Waals surface area contributed by atoms with Gasteiger partial charge in [0, 0.05) is 32.3 Å². The summed E-state index contributed by atoms with van der Waals surface area (Å²) in [7, 11) is 0. The van der Waals surface area contributed by atoms with E-state index in [-0.39, 0.29) is 0 Å². The zero-order chi connectivity index (χ0) is 33.6. The first-order chi connectivity index (χ1) is 24.7. The Morgan fingerprint density at radius 3 is 1.60 bits per heavy atom. The van der Waals surface area contributed by atoms with E-state index in [2.05, 4.69) is 153 Å². The Morgan fingerprint density at radius 2 is 0.960 bits per heavy atom. The number of para-hydroxylation sites is 1. The van der Waals surface area contributed by atoms with Crippen molar-refractivity contribution in [3.63, 3.8) is 0 Å². The van der Waals surface area contributed by atoms with E-state index in [4.69, 9.17) is 8.83 Å². The van der Waals surface area contributed by atoms with Crippen LogP contribution in [0, 0.1) is 0 Å². The minimum Gasteiger partial charge on any atom is -0.455 e. The minimum absolute atomic E-state index is 0.844.